The third-order valence-corrected chi connectivity index (χ3v) is 7.19. The molecule has 6 nitrogen and oxygen atoms in total. The number of rotatable bonds is 7. The molecule has 1 aliphatic carbocycles. The molecule has 2 fully saturated rings. The molecule has 0 radical (unpaired) electrons. The summed E-state index contributed by atoms with van der Waals surface area (Å²) in [6.45, 7) is 1.17. The lowest BCUT2D eigenvalue weighted by Crippen LogP contribution is -2.27. The standard InChI is InChI=1S/C26H28F3N3O3/c27-26(28,29)21-12-17(14-31-24(21)32-10-3-4-11-32)16-35-25(8-1-2-9-25)20-7-5-6-19-18(13-22(33)34)15-30-23(19)20/h5-7,12,14-15,30H,1-4,8-11,13,16H2,(H,33,34). The van der Waals surface area contributed by atoms with Gasteiger partial charge in [0.15, 0.2) is 0 Å². The molecule has 3 heterocycles. The monoisotopic (exact) mass is 487 g/mol. The van der Waals surface area contributed by atoms with Crippen LogP contribution in [0.3, 0.4) is 0 Å². The predicted molar refractivity (Wildman–Crippen MR) is 125 cm³/mol. The minimum absolute atomic E-state index is 0.00329. The molecule has 0 atom stereocenters. The first kappa shape index (κ1) is 23.7. The van der Waals surface area contributed by atoms with Crippen LogP contribution in [0.1, 0.15) is 60.8 Å². The number of benzene rings is 1. The van der Waals surface area contributed by atoms with Gasteiger partial charge in [0.25, 0.3) is 0 Å². The summed E-state index contributed by atoms with van der Waals surface area (Å²) in [5.41, 5.74) is 1.45. The number of halogens is 3. The quantitative estimate of drug-likeness (QED) is 0.441. The highest BCUT2D eigenvalue weighted by Gasteiger charge is 2.40. The van der Waals surface area contributed by atoms with Crippen molar-refractivity contribution in [2.45, 2.75) is 63.3 Å². The molecule has 2 aliphatic rings. The lowest BCUT2D eigenvalue weighted by molar-refractivity contribution is -0.138. The number of aliphatic carboxylic acids is 1. The normalized spacial score (nSPS) is 18.0. The molecule has 3 aromatic rings. The van der Waals surface area contributed by atoms with E-state index < -0.39 is 23.3 Å². The molecule has 1 saturated heterocycles. The number of carbonyl (C=O) groups is 1. The number of hydrogen-bond donors (Lipinski definition) is 2. The molecule has 1 saturated carbocycles. The van der Waals surface area contributed by atoms with Gasteiger partial charge in [0.2, 0.25) is 0 Å². The van der Waals surface area contributed by atoms with E-state index in [0.29, 0.717) is 24.2 Å². The van der Waals surface area contributed by atoms with Gasteiger partial charge in [-0.2, -0.15) is 13.2 Å². The van der Waals surface area contributed by atoms with Gasteiger partial charge in [0.1, 0.15) is 5.82 Å². The fraction of sp³-hybridized carbons (Fsp3) is 0.462. The van der Waals surface area contributed by atoms with Crippen molar-refractivity contribution in [3.63, 3.8) is 0 Å². The van der Waals surface area contributed by atoms with Gasteiger partial charge < -0.3 is 19.7 Å². The number of ether oxygens (including phenoxy) is 1. The molecule has 9 heteroatoms. The van der Waals surface area contributed by atoms with Crippen LogP contribution in [-0.4, -0.2) is 34.1 Å². The summed E-state index contributed by atoms with van der Waals surface area (Å²) in [6.07, 6.45) is 3.71. The summed E-state index contributed by atoms with van der Waals surface area (Å²) in [7, 11) is 0. The van der Waals surface area contributed by atoms with Crippen LogP contribution in [0.4, 0.5) is 19.0 Å². The summed E-state index contributed by atoms with van der Waals surface area (Å²) in [5.74, 6) is -0.912. The number of carboxylic acid groups (broad SMARTS) is 1. The van der Waals surface area contributed by atoms with Crippen molar-refractivity contribution in [2.75, 3.05) is 18.0 Å². The molecule has 0 amide bonds. The van der Waals surface area contributed by atoms with Gasteiger partial charge in [-0.25, -0.2) is 4.98 Å². The molecule has 186 valence electrons. The molecular weight excluding hydrogens is 459 g/mol. The third kappa shape index (κ3) is 4.61. The fourth-order valence-corrected chi connectivity index (χ4v) is 5.53. The van der Waals surface area contributed by atoms with Crippen LogP contribution >= 0.6 is 0 Å². The van der Waals surface area contributed by atoms with Gasteiger partial charge in [-0.3, -0.25) is 4.79 Å². The lowest BCUT2D eigenvalue weighted by Gasteiger charge is -2.31. The van der Waals surface area contributed by atoms with Gasteiger partial charge in [-0.15, -0.1) is 0 Å². The van der Waals surface area contributed by atoms with E-state index in [9.17, 15) is 23.1 Å². The van der Waals surface area contributed by atoms with Gasteiger partial charge in [0.05, 0.1) is 29.7 Å². The van der Waals surface area contributed by atoms with Crippen LogP contribution in [0.15, 0.2) is 36.7 Å². The fourth-order valence-electron chi connectivity index (χ4n) is 5.53. The summed E-state index contributed by atoms with van der Waals surface area (Å²) in [5, 5.41) is 10.1. The highest BCUT2D eigenvalue weighted by atomic mass is 19.4. The number of aromatic amines is 1. The van der Waals surface area contributed by atoms with Gasteiger partial charge >= 0.3 is 12.1 Å². The summed E-state index contributed by atoms with van der Waals surface area (Å²) >= 11 is 0. The number of hydrogen-bond acceptors (Lipinski definition) is 4. The van der Waals surface area contributed by atoms with Crippen LogP contribution < -0.4 is 4.90 Å². The van der Waals surface area contributed by atoms with Crippen molar-refractivity contribution in [3.8, 4) is 0 Å². The highest BCUT2D eigenvalue weighted by Crippen LogP contribution is 2.46. The first-order valence-corrected chi connectivity index (χ1v) is 12.0. The Labute approximate surface area is 201 Å². The lowest BCUT2D eigenvalue weighted by atomic mass is 9.89. The SMILES string of the molecule is O=C(O)Cc1c[nH]c2c(C3(OCc4cnc(N5CCCC5)c(C(F)(F)F)c4)CCCC3)cccc12. The van der Waals surface area contributed by atoms with Gasteiger partial charge in [0, 0.05) is 36.4 Å². The number of carboxylic acids is 1. The van der Waals surface area contributed by atoms with Crippen LogP contribution in [0, 0.1) is 0 Å². The second-order valence-electron chi connectivity index (χ2n) is 9.51. The van der Waals surface area contributed by atoms with Crippen LogP contribution in [0.5, 0.6) is 0 Å². The number of nitrogens with zero attached hydrogens (tertiary/aromatic N) is 2. The first-order chi connectivity index (χ1) is 16.8. The maximum absolute atomic E-state index is 13.9. The Morgan fingerprint density at radius 2 is 1.91 bits per heavy atom. The number of aromatic nitrogens is 2. The van der Waals surface area contributed by atoms with Crippen molar-refractivity contribution < 1.29 is 27.8 Å². The molecule has 5 rings (SSSR count). The smallest absolute Gasteiger partial charge is 0.419 e. The van der Waals surface area contributed by atoms with Crippen LogP contribution in [0.2, 0.25) is 0 Å². The molecular formula is C26H28F3N3O3. The van der Waals surface area contributed by atoms with Crippen LogP contribution in [-0.2, 0) is 34.3 Å². The van der Waals surface area contributed by atoms with Gasteiger partial charge in [-0.1, -0.05) is 31.0 Å². The van der Waals surface area contributed by atoms with E-state index in [1.165, 1.54) is 12.3 Å². The summed E-state index contributed by atoms with van der Waals surface area (Å²) in [6, 6.07) is 6.90. The number of H-pyrrole nitrogens is 1. The number of alkyl halides is 3. The minimum Gasteiger partial charge on any atom is -0.481 e. The molecule has 1 aromatic carbocycles. The molecule has 2 N–H and O–H groups in total. The number of pyridine rings is 1. The second kappa shape index (κ2) is 9.18. The van der Waals surface area contributed by atoms with Crippen molar-refractivity contribution in [1.29, 1.82) is 0 Å². The second-order valence-corrected chi connectivity index (χ2v) is 9.51. The van der Waals surface area contributed by atoms with Crippen molar-refractivity contribution in [1.82, 2.24) is 9.97 Å². The third-order valence-electron chi connectivity index (χ3n) is 7.19. The topological polar surface area (TPSA) is 78.4 Å². The Kier molecular flexibility index (Phi) is 6.21. The maximum atomic E-state index is 13.9. The molecule has 2 aromatic heterocycles. The zero-order chi connectivity index (χ0) is 24.6. The Balaban J connectivity index is 1.45. The number of fused-ring (bicyclic) bond motifs is 1. The number of para-hydroxylation sites is 1. The Bertz CT molecular complexity index is 1230. The average Bonchev–Trinajstić information content (AvgIpc) is 3.59. The molecule has 35 heavy (non-hydrogen) atoms. The zero-order valence-electron chi connectivity index (χ0n) is 19.3. The first-order valence-electron chi connectivity index (χ1n) is 12.0. The Morgan fingerprint density at radius 1 is 1.17 bits per heavy atom. The summed E-state index contributed by atoms with van der Waals surface area (Å²) < 4.78 is 48.1. The average molecular weight is 488 g/mol. The van der Waals surface area contributed by atoms with Gasteiger partial charge in [-0.05, 0) is 42.9 Å². The Hall–Kier alpha value is -3.07. The zero-order valence-corrected chi connectivity index (χ0v) is 19.3. The largest absolute Gasteiger partial charge is 0.481 e. The molecule has 0 unspecified atom stereocenters. The molecule has 0 spiro atoms. The highest BCUT2D eigenvalue weighted by molar-refractivity contribution is 5.89. The molecule has 0 bridgehead atoms. The number of anilines is 1. The van der Waals surface area contributed by atoms with E-state index in [-0.39, 0.29) is 18.8 Å². The van der Waals surface area contributed by atoms with E-state index in [2.05, 4.69) is 9.97 Å². The maximum Gasteiger partial charge on any atom is 0.419 e. The predicted octanol–water partition coefficient (Wildman–Crippen LogP) is 5.80. The minimum atomic E-state index is -4.50. The van der Waals surface area contributed by atoms with Crippen molar-refractivity contribution >= 4 is 22.7 Å². The van der Waals surface area contributed by atoms with Crippen LogP contribution in [0.25, 0.3) is 10.9 Å². The van der Waals surface area contributed by atoms with E-state index in [0.717, 1.165) is 55.0 Å². The van der Waals surface area contributed by atoms with Crippen molar-refractivity contribution in [3.05, 3.63) is 58.9 Å². The van der Waals surface area contributed by atoms with E-state index >= 15 is 0 Å². The Morgan fingerprint density at radius 3 is 2.60 bits per heavy atom. The van der Waals surface area contributed by atoms with E-state index in [4.69, 9.17) is 4.74 Å². The van der Waals surface area contributed by atoms with E-state index in [1.54, 1.807) is 11.1 Å². The van der Waals surface area contributed by atoms with E-state index in [1.807, 2.05) is 18.2 Å². The summed E-state index contributed by atoms with van der Waals surface area (Å²) in [4.78, 5) is 20.4. The van der Waals surface area contributed by atoms with Crippen molar-refractivity contribution in [2.24, 2.45) is 0 Å². The number of nitrogens with one attached hydrogen (secondary N) is 1. The molecule has 1 aliphatic heterocycles.